The van der Waals surface area contributed by atoms with Crippen molar-refractivity contribution in [2.75, 3.05) is 5.32 Å². The molecular formula is C14H18N4O2. The number of benzene rings is 1. The fourth-order valence-corrected chi connectivity index (χ4v) is 2.81. The summed E-state index contributed by atoms with van der Waals surface area (Å²) < 4.78 is 0. The molecule has 0 radical (unpaired) electrons. The molecule has 6 heteroatoms. The average molecular weight is 274 g/mol. The number of nitrogens with one attached hydrogen (secondary N) is 2. The van der Waals surface area contributed by atoms with Gasteiger partial charge in [-0.2, -0.15) is 15.4 Å². The standard InChI is InChI=1S/C14H18N4O2/c19-13(9-14(20)6-2-1-3-7-14)15-10-4-5-11-12(8-10)17-18-16-11/h4-5,8,20H,1-3,6-7,9H2,(H,15,19)(H,16,17,18). The van der Waals surface area contributed by atoms with Gasteiger partial charge in [0.1, 0.15) is 11.0 Å². The van der Waals surface area contributed by atoms with Crippen LogP contribution in [-0.4, -0.2) is 32.0 Å². The van der Waals surface area contributed by atoms with Gasteiger partial charge in [0.05, 0.1) is 12.0 Å². The van der Waals surface area contributed by atoms with Gasteiger partial charge in [-0.1, -0.05) is 19.3 Å². The predicted molar refractivity (Wildman–Crippen MR) is 75.2 cm³/mol. The van der Waals surface area contributed by atoms with E-state index in [4.69, 9.17) is 0 Å². The topological polar surface area (TPSA) is 90.9 Å². The van der Waals surface area contributed by atoms with Crippen molar-refractivity contribution in [1.82, 2.24) is 15.4 Å². The van der Waals surface area contributed by atoms with E-state index in [1.807, 2.05) is 0 Å². The first kappa shape index (κ1) is 13.1. The highest BCUT2D eigenvalue weighted by molar-refractivity contribution is 5.93. The number of anilines is 1. The second-order valence-electron chi connectivity index (χ2n) is 5.54. The Bertz CT molecular complexity index is 616. The molecule has 6 nitrogen and oxygen atoms in total. The molecule has 1 aromatic carbocycles. The highest BCUT2D eigenvalue weighted by atomic mass is 16.3. The zero-order valence-corrected chi connectivity index (χ0v) is 11.2. The Morgan fingerprint density at radius 3 is 2.80 bits per heavy atom. The first-order valence-electron chi connectivity index (χ1n) is 6.97. The van der Waals surface area contributed by atoms with Crippen LogP contribution >= 0.6 is 0 Å². The number of aromatic nitrogens is 3. The predicted octanol–water partition coefficient (Wildman–Crippen LogP) is 1.98. The van der Waals surface area contributed by atoms with Gasteiger partial charge < -0.3 is 10.4 Å². The van der Waals surface area contributed by atoms with E-state index in [-0.39, 0.29) is 12.3 Å². The zero-order chi connectivity index (χ0) is 14.0. The third-order valence-electron chi connectivity index (χ3n) is 3.87. The lowest BCUT2D eigenvalue weighted by Crippen LogP contribution is -2.35. The average Bonchev–Trinajstić information content (AvgIpc) is 2.86. The fraction of sp³-hybridized carbons (Fsp3) is 0.500. The molecule has 1 fully saturated rings. The van der Waals surface area contributed by atoms with Crippen molar-refractivity contribution in [2.24, 2.45) is 0 Å². The number of amides is 1. The van der Waals surface area contributed by atoms with E-state index < -0.39 is 5.60 Å². The molecule has 1 aliphatic rings. The lowest BCUT2D eigenvalue weighted by atomic mass is 9.82. The normalized spacial score (nSPS) is 18.1. The summed E-state index contributed by atoms with van der Waals surface area (Å²) in [6.07, 6.45) is 4.71. The highest BCUT2D eigenvalue weighted by Gasteiger charge is 2.31. The quantitative estimate of drug-likeness (QED) is 0.798. The number of nitrogens with zero attached hydrogens (tertiary/aromatic N) is 2. The molecule has 20 heavy (non-hydrogen) atoms. The second kappa shape index (κ2) is 5.20. The Morgan fingerprint density at radius 1 is 1.25 bits per heavy atom. The van der Waals surface area contributed by atoms with Crippen LogP contribution in [0, 0.1) is 0 Å². The minimum atomic E-state index is -0.833. The van der Waals surface area contributed by atoms with Gasteiger partial charge in [0.25, 0.3) is 0 Å². The van der Waals surface area contributed by atoms with Gasteiger partial charge in [0.15, 0.2) is 0 Å². The molecule has 0 unspecified atom stereocenters. The summed E-state index contributed by atoms with van der Waals surface area (Å²) in [6, 6.07) is 5.35. The monoisotopic (exact) mass is 274 g/mol. The van der Waals surface area contributed by atoms with Crippen LogP contribution in [0.2, 0.25) is 0 Å². The number of carbonyl (C=O) groups excluding carboxylic acids is 1. The molecule has 0 atom stereocenters. The van der Waals surface area contributed by atoms with Crippen molar-refractivity contribution >= 4 is 22.6 Å². The first-order valence-corrected chi connectivity index (χ1v) is 6.97. The van der Waals surface area contributed by atoms with Crippen LogP contribution in [0.3, 0.4) is 0 Å². The Balaban J connectivity index is 1.65. The molecule has 1 heterocycles. The van der Waals surface area contributed by atoms with Crippen LogP contribution in [0.1, 0.15) is 38.5 Å². The number of aromatic amines is 1. The summed E-state index contributed by atoms with van der Waals surface area (Å²) in [7, 11) is 0. The summed E-state index contributed by atoms with van der Waals surface area (Å²) in [5.74, 6) is -0.155. The Morgan fingerprint density at radius 2 is 2.00 bits per heavy atom. The van der Waals surface area contributed by atoms with Gasteiger partial charge in [-0.15, -0.1) is 0 Å². The van der Waals surface area contributed by atoms with E-state index >= 15 is 0 Å². The molecule has 1 aromatic heterocycles. The van der Waals surface area contributed by atoms with Crippen molar-refractivity contribution in [1.29, 1.82) is 0 Å². The number of aliphatic hydroxyl groups is 1. The van der Waals surface area contributed by atoms with Crippen LogP contribution in [0.25, 0.3) is 11.0 Å². The largest absolute Gasteiger partial charge is 0.389 e. The summed E-state index contributed by atoms with van der Waals surface area (Å²) >= 11 is 0. The molecule has 0 saturated heterocycles. The van der Waals surface area contributed by atoms with Gasteiger partial charge >= 0.3 is 0 Å². The zero-order valence-electron chi connectivity index (χ0n) is 11.2. The van der Waals surface area contributed by atoms with Gasteiger partial charge in [-0.3, -0.25) is 4.79 Å². The van der Waals surface area contributed by atoms with Crippen LogP contribution < -0.4 is 5.32 Å². The third-order valence-corrected chi connectivity index (χ3v) is 3.87. The SMILES string of the molecule is O=C(CC1(O)CCCCC1)Nc1ccc2n[nH]nc2c1. The Hall–Kier alpha value is -1.95. The molecule has 0 spiro atoms. The minimum Gasteiger partial charge on any atom is -0.389 e. The fourth-order valence-electron chi connectivity index (χ4n) is 2.81. The van der Waals surface area contributed by atoms with Gasteiger partial charge in [-0.25, -0.2) is 0 Å². The van der Waals surface area contributed by atoms with Gasteiger partial charge in [-0.05, 0) is 31.0 Å². The maximum atomic E-state index is 12.0. The number of rotatable bonds is 3. The number of carbonyl (C=O) groups is 1. The van der Waals surface area contributed by atoms with Crippen molar-refractivity contribution < 1.29 is 9.90 Å². The van der Waals surface area contributed by atoms with E-state index in [0.717, 1.165) is 24.8 Å². The van der Waals surface area contributed by atoms with Crippen LogP contribution in [0.4, 0.5) is 5.69 Å². The Kier molecular flexibility index (Phi) is 3.40. The molecule has 2 aromatic rings. The number of hydrogen-bond acceptors (Lipinski definition) is 4. The Labute approximate surface area is 116 Å². The van der Waals surface area contributed by atoms with E-state index in [2.05, 4.69) is 20.7 Å². The van der Waals surface area contributed by atoms with E-state index in [1.165, 1.54) is 0 Å². The highest BCUT2D eigenvalue weighted by Crippen LogP contribution is 2.31. The minimum absolute atomic E-state index is 0.155. The smallest absolute Gasteiger partial charge is 0.227 e. The van der Waals surface area contributed by atoms with Crippen LogP contribution in [0.5, 0.6) is 0 Å². The molecule has 3 N–H and O–H groups in total. The van der Waals surface area contributed by atoms with E-state index in [9.17, 15) is 9.90 Å². The molecule has 106 valence electrons. The van der Waals surface area contributed by atoms with E-state index in [0.29, 0.717) is 24.0 Å². The summed E-state index contributed by atoms with van der Waals surface area (Å²) in [4.78, 5) is 12.0. The molecule has 1 amide bonds. The first-order chi connectivity index (χ1) is 9.65. The molecular weight excluding hydrogens is 256 g/mol. The molecule has 1 saturated carbocycles. The summed E-state index contributed by atoms with van der Waals surface area (Å²) in [5, 5.41) is 23.7. The maximum absolute atomic E-state index is 12.0. The molecule has 0 aliphatic heterocycles. The van der Waals surface area contributed by atoms with Gasteiger partial charge in [0, 0.05) is 5.69 Å². The second-order valence-corrected chi connectivity index (χ2v) is 5.54. The number of H-pyrrole nitrogens is 1. The molecule has 1 aliphatic carbocycles. The lowest BCUT2D eigenvalue weighted by molar-refractivity contribution is -0.122. The van der Waals surface area contributed by atoms with Crippen LogP contribution in [-0.2, 0) is 4.79 Å². The van der Waals surface area contributed by atoms with E-state index in [1.54, 1.807) is 18.2 Å². The van der Waals surface area contributed by atoms with Crippen molar-refractivity contribution in [2.45, 2.75) is 44.1 Å². The number of hydrogen-bond donors (Lipinski definition) is 3. The third kappa shape index (κ3) is 2.80. The van der Waals surface area contributed by atoms with Gasteiger partial charge in [0.2, 0.25) is 5.91 Å². The van der Waals surface area contributed by atoms with Crippen molar-refractivity contribution in [3.05, 3.63) is 18.2 Å². The van der Waals surface area contributed by atoms with Crippen LogP contribution in [0.15, 0.2) is 18.2 Å². The molecule has 3 rings (SSSR count). The summed E-state index contributed by atoms with van der Waals surface area (Å²) in [6.45, 7) is 0. The maximum Gasteiger partial charge on any atom is 0.227 e. The van der Waals surface area contributed by atoms with Crippen molar-refractivity contribution in [3.8, 4) is 0 Å². The number of fused-ring (bicyclic) bond motifs is 1. The van der Waals surface area contributed by atoms with Crippen molar-refractivity contribution in [3.63, 3.8) is 0 Å². The lowest BCUT2D eigenvalue weighted by Gasteiger charge is -2.31. The molecule has 0 bridgehead atoms. The summed E-state index contributed by atoms with van der Waals surface area (Å²) in [5.41, 5.74) is 1.31.